The Labute approximate surface area is 152 Å². The molecule has 0 spiro atoms. The van der Waals surface area contributed by atoms with Crippen molar-refractivity contribution >= 4 is 22.9 Å². The van der Waals surface area contributed by atoms with Crippen LogP contribution >= 0.6 is 0 Å². The molecule has 0 bridgehead atoms. The molecule has 1 aromatic carbocycles. The van der Waals surface area contributed by atoms with E-state index in [-0.39, 0.29) is 17.3 Å². The molecule has 138 valence electrons. The molecular formula is C15H15N9O3. The van der Waals surface area contributed by atoms with E-state index >= 15 is 0 Å². The third-order valence-corrected chi connectivity index (χ3v) is 3.76. The summed E-state index contributed by atoms with van der Waals surface area (Å²) in [5.41, 5.74) is 8.39. The van der Waals surface area contributed by atoms with Crippen molar-refractivity contribution in [3.8, 4) is 5.82 Å². The zero-order chi connectivity index (χ0) is 19.6. The lowest BCUT2D eigenvalue weighted by Crippen LogP contribution is -2.05. The maximum Gasteiger partial charge on any atom is 0.270 e. The van der Waals surface area contributed by atoms with Gasteiger partial charge in [0.05, 0.1) is 22.0 Å². The van der Waals surface area contributed by atoms with Gasteiger partial charge in [0.25, 0.3) is 5.69 Å². The Balaban J connectivity index is 1.89. The molecular weight excluding hydrogens is 354 g/mol. The van der Waals surface area contributed by atoms with Crippen LogP contribution in [-0.2, 0) is 0 Å². The maximum atomic E-state index is 10.9. The SMILES string of the molecule is C/C(=N/N=C(/C)c1nnn(-c2nonc2N)c1C)c1cccc([N+](=O)[O-])c1. The Morgan fingerprint density at radius 2 is 2.00 bits per heavy atom. The quantitative estimate of drug-likeness (QED) is 0.403. The van der Waals surface area contributed by atoms with Gasteiger partial charge >= 0.3 is 0 Å². The first-order valence-corrected chi connectivity index (χ1v) is 7.73. The average molecular weight is 369 g/mol. The van der Waals surface area contributed by atoms with Crippen LogP contribution in [0.1, 0.15) is 30.8 Å². The predicted molar refractivity (Wildman–Crippen MR) is 95.9 cm³/mol. The van der Waals surface area contributed by atoms with Gasteiger partial charge in [-0.05, 0) is 31.1 Å². The highest BCUT2D eigenvalue weighted by Crippen LogP contribution is 2.16. The van der Waals surface area contributed by atoms with Crippen molar-refractivity contribution in [2.24, 2.45) is 10.2 Å². The van der Waals surface area contributed by atoms with Gasteiger partial charge in [-0.1, -0.05) is 17.3 Å². The smallest absolute Gasteiger partial charge is 0.270 e. The summed E-state index contributed by atoms with van der Waals surface area (Å²) in [6.45, 7) is 5.19. The number of hydrogen-bond acceptors (Lipinski definition) is 10. The topological polar surface area (TPSA) is 164 Å². The lowest BCUT2D eigenvalue weighted by molar-refractivity contribution is -0.384. The van der Waals surface area contributed by atoms with Gasteiger partial charge < -0.3 is 5.73 Å². The van der Waals surface area contributed by atoms with E-state index in [4.69, 9.17) is 5.73 Å². The van der Waals surface area contributed by atoms with Crippen molar-refractivity contribution in [1.29, 1.82) is 0 Å². The van der Waals surface area contributed by atoms with Crippen LogP contribution in [0, 0.1) is 17.0 Å². The van der Waals surface area contributed by atoms with Crippen LogP contribution in [0.5, 0.6) is 0 Å². The number of anilines is 1. The van der Waals surface area contributed by atoms with E-state index in [0.29, 0.717) is 28.4 Å². The minimum absolute atomic E-state index is 0.0136. The maximum absolute atomic E-state index is 10.9. The largest absolute Gasteiger partial charge is 0.378 e. The third-order valence-electron chi connectivity index (χ3n) is 3.76. The molecule has 0 amide bonds. The number of nitro benzene ring substituents is 1. The monoisotopic (exact) mass is 369 g/mol. The Hall–Kier alpha value is -3.96. The lowest BCUT2D eigenvalue weighted by atomic mass is 10.1. The highest BCUT2D eigenvalue weighted by atomic mass is 16.6. The van der Waals surface area contributed by atoms with Crippen LogP contribution in [0.3, 0.4) is 0 Å². The number of rotatable bonds is 5. The minimum atomic E-state index is -0.461. The molecule has 2 aromatic heterocycles. The Kier molecular flexibility index (Phi) is 4.70. The lowest BCUT2D eigenvalue weighted by Gasteiger charge is -2.00. The van der Waals surface area contributed by atoms with Crippen molar-refractivity contribution in [3.63, 3.8) is 0 Å². The van der Waals surface area contributed by atoms with E-state index < -0.39 is 4.92 Å². The molecule has 0 saturated heterocycles. The Morgan fingerprint density at radius 1 is 1.26 bits per heavy atom. The number of non-ortho nitro benzene ring substituents is 1. The van der Waals surface area contributed by atoms with Crippen molar-refractivity contribution in [2.45, 2.75) is 20.8 Å². The highest BCUT2D eigenvalue weighted by molar-refractivity contribution is 6.01. The van der Waals surface area contributed by atoms with Gasteiger partial charge in [-0.3, -0.25) is 10.1 Å². The molecule has 2 heterocycles. The van der Waals surface area contributed by atoms with Gasteiger partial charge in [-0.25, -0.2) is 4.63 Å². The van der Waals surface area contributed by atoms with E-state index in [1.54, 1.807) is 32.9 Å². The fraction of sp³-hybridized carbons (Fsp3) is 0.200. The van der Waals surface area contributed by atoms with Crippen molar-refractivity contribution < 1.29 is 9.55 Å². The molecule has 3 rings (SSSR count). The Morgan fingerprint density at radius 3 is 2.67 bits per heavy atom. The zero-order valence-corrected chi connectivity index (χ0v) is 14.7. The fourth-order valence-electron chi connectivity index (χ4n) is 2.30. The summed E-state index contributed by atoms with van der Waals surface area (Å²) in [5.74, 6) is 0.319. The van der Waals surface area contributed by atoms with E-state index in [1.807, 2.05) is 0 Å². The molecule has 0 aliphatic rings. The molecule has 0 saturated carbocycles. The molecule has 0 aliphatic heterocycles. The van der Waals surface area contributed by atoms with Crippen LogP contribution in [0.15, 0.2) is 39.1 Å². The van der Waals surface area contributed by atoms with Crippen molar-refractivity contribution in [2.75, 3.05) is 5.73 Å². The van der Waals surface area contributed by atoms with Crippen LogP contribution in [0.4, 0.5) is 11.5 Å². The predicted octanol–water partition coefficient (Wildman–Crippen LogP) is 1.68. The van der Waals surface area contributed by atoms with Gasteiger partial charge in [-0.2, -0.15) is 14.9 Å². The average Bonchev–Trinajstić information content (AvgIpc) is 3.24. The van der Waals surface area contributed by atoms with E-state index in [1.165, 1.54) is 16.8 Å². The molecule has 0 fully saturated rings. The summed E-state index contributed by atoms with van der Waals surface area (Å²) in [7, 11) is 0. The highest BCUT2D eigenvalue weighted by Gasteiger charge is 2.18. The first-order valence-electron chi connectivity index (χ1n) is 7.73. The molecule has 12 nitrogen and oxygen atoms in total. The number of nitro groups is 1. The molecule has 0 radical (unpaired) electrons. The second-order valence-electron chi connectivity index (χ2n) is 5.59. The first kappa shape index (κ1) is 17.8. The van der Waals surface area contributed by atoms with Crippen LogP contribution in [0.2, 0.25) is 0 Å². The van der Waals surface area contributed by atoms with Gasteiger partial charge in [0, 0.05) is 17.7 Å². The van der Waals surface area contributed by atoms with Gasteiger partial charge in [0.2, 0.25) is 11.6 Å². The van der Waals surface area contributed by atoms with Crippen LogP contribution in [0.25, 0.3) is 5.82 Å². The second-order valence-corrected chi connectivity index (χ2v) is 5.59. The normalized spacial score (nSPS) is 12.4. The molecule has 0 unspecified atom stereocenters. The van der Waals surface area contributed by atoms with Gasteiger partial charge in [0.15, 0.2) is 0 Å². The minimum Gasteiger partial charge on any atom is -0.378 e. The van der Waals surface area contributed by atoms with Crippen molar-refractivity contribution in [1.82, 2.24) is 25.3 Å². The molecule has 2 N–H and O–H groups in total. The number of aromatic nitrogens is 5. The van der Waals surface area contributed by atoms with Crippen LogP contribution < -0.4 is 5.73 Å². The number of hydrogen-bond donors (Lipinski definition) is 1. The Bertz CT molecular complexity index is 1060. The molecule has 12 heteroatoms. The summed E-state index contributed by atoms with van der Waals surface area (Å²) in [6.07, 6.45) is 0. The van der Waals surface area contributed by atoms with Crippen molar-refractivity contribution in [3.05, 3.63) is 51.3 Å². The van der Waals surface area contributed by atoms with Crippen LogP contribution in [-0.4, -0.2) is 41.7 Å². The second kappa shape index (κ2) is 7.11. The van der Waals surface area contributed by atoms with E-state index in [2.05, 4.69) is 35.5 Å². The fourth-order valence-corrected chi connectivity index (χ4v) is 2.30. The standard InChI is InChI=1S/C15H15N9O3/c1-8(11-5-4-6-12(7-11)24(25)26)17-18-9(2)13-10(3)23(22-19-13)15-14(16)20-27-21-15/h4-7H,1-3H3,(H2,16,20)/b17-8-,18-9-. The molecule has 0 aliphatic carbocycles. The van der Waals surface area contributed by atoms with Gasteiger partial charge in [-0.15, -0.1) is 5.10 Å². The zero-order valence-electron chi connectivity index (χ0n) is 14.7. The summed E-state index contributed by atoms with van der Waals surface area (Å²) < 4.78 is 5.95. The summed E-state index contributed by atoms with van der Waals surface area (Å²) in [4.78, 5) is 10.4. The van der Waals surface area contributed by atoms with E-state index in [9.17, 15) is 10.1 Å². The molecule has 27 heavy (non-hydrogen) atoms. The molecule has 0 atom stereocenters. The summed E-state index contributed by atoms with van der Waals surface area (Å²) >= 11 is 0. The third kappa shape index (κ3) is 3.53. The number of benzene rings is 1. The summed E-state index contributed by atoms with van der Waals surface area (Å²) in [5, 5.41) is 34.4. The summed E-state index contributed by atoms with van der Waals surface area (Å²) in [6, 6.07) is 6.16. The number of nitrogens with zero attached hydrogens (tertiary/aromatic N) is 8. The number of nitrogen functional groups attached to an aromatic ring is 1. The molecule has 3 aromatic rings. The number of nitrogens with two attached hydrogens (primary N) is 1. The van der Waals surface area contributed by atoms with E-state index in [0.717, 1.165) is 0 Å². The first-order chi connectivity index (χ1) is 12.9. The van der Waals surface area contributed by atoms with Gasteiger partial charge in [0.1, 0.15) is 5.69 Å².